The highest BCUT2D eigenvalue weighted by Crippen LogP contribution is 2.62. The Hall–Kier alpha value is -1.20. The Bertz CT molecular complexity index is 799. The summed E-state index contributed by atoms with van der Waals surface area (Å²) in [6.45, 7) is 9.73. The molecule has 3 saturated carbocycles. The Morgan fingerprint density at radius 1 is 1.17 bits per heavy atom. The number of carboxylic acid groups (broad SMARTS) is 1. The van der Waals surface area contributed by atoms with Gasteiger partial charge in [0.25, 0.3) is 0 Å². The molecule has 3 aliphatic carbocycles. The number of hydrogen-bond donors (Lipinski definition) is 1. The fourth-order valence-electron chi connectivity index (χ4n) is 8.73. The number of hydrogen-bond acceptors (Lipinski definition) is 4. The summed E-state index contributed by atoms with van der Waals surface area (Å²) in [6, 6.07) is 0. The van der Waals surface area contributed by atoms with E-state index < -0.39 is 5.97 Å². The van der Waals surface area contributed by atoms with Crippen LogP contribution in [0.4, 0.5) is 0 Å². The third kappa shape index (κ3) is 5.93. The number of ketones is 1. The van der Waals surface area contributed by atoms with Gasteiger partial charge in [0.05, 0.1) is 6.10 Å². The van der Waals surface area contributed by atoms with E-state index in [2.05, 4.69) is 26.8 Å². The van der Waals surface area contributed by atoms with Crippen LogP contribution >= 0.6 is 0 Å². The number of aliphatic carboxylic acids is 1. The topological polar surface area (TPSA) is 72.8 Å². The van der Waals surface area contributed by atoms with Gasteiger partial charge in [-0.2, -0.15) is 0 Å². The molecular formula is C31H50O5. The zero-order valence-corrected chi connectivity index (χ0v) is 23.2. The fraction of sp³-hybridized carbons (Fsp3) is 0.871. The van der Waals surface area contributed by atoms with E-state index in [1.807, 2.05) is 6.92 Å². The molecular weight excluding hydrogens is 452 g/mol. The number of carbonyl (C=O) groups excluding carboxylic acids is 1. The van der Waals surface area contributed by atoms with Crippen molar-refractivity contribution in [3.05, 3.63) is 11.6 Å². The smallest absolute Gasteiger partial charge is 0.303 e. The van der Waals surface area contributed by atoms with Crippen LogP contribution in [-0.4, -0.2) is 35.9 Å². The van der Waals surface area contributed by atoms with Gasteiger partial charge in [-0.3, -0.25) is 9.59 Å². The van der Waals surface area contributed by atoms with E-state index in [1.165, 1.54) is 12.8 Å². The van der Waals surface area contributed by atoms with E-state index in [-0.39, 0.29) is 36.1 Å². The maximum Gasteiger partial charge on any atom is 0.303 e. The van der Waals surface area contributed by atoms with Crippen molar-refractivity contribution in [2.45, 2.75) is 124 Å². The molecule has 4 fully saturated rings. The lowest BCUT2D eigenvalue weighted by Gasteiger charge is -2.50. The maximum atomic E-state index is 14.3. The van der Waals surface area contributed by atoms with Crippen LogP contribution in [0.15, 0.2) is 11.6 Å². The molecule has 0 aromatic rings. The summed E-state index contributed by atoms with van der Waals surface area (Å²) >= 11 is 0. The molecule has 1 heterocycles. The fourth-order valence-corrected chi connectivity index (χ4v) is 8.73. The molecule has 4 rings (SSSR count). The number of allylic oxidation sites excluding steroid dienone is 2. The molecule has 9 atom stereocenters. The first-order chi connectivity index (χ1) is 17.2. The number of rotatable bonds is 6. The molecule has 5 nitrogen and oxygen atoms in total. The van der Waals surface area contributed by atoms with E-state index in [0.29, 0.717) is 29.5 Å². The molecule has 0 spiro atoms. The largest absolute Gasteiger partial charge is 0.481 e. The Morgan fingerprint density at radius 3 is 2.67 bits per heavy atom. The summed E-state index contributed by atoms with van der Waals surface area (Å²) in [5.41, 5.74) is 1.15. The van der Waals surface area contributed by atoms with E-state index >= 15 is 0 Å². The van der Waals surface area contributed by atoms with Gasteiger partial charge in [0.2, 0.25) is 0 Å². The van der Waals surface area contributed by atoms with Gasteiger partial charge in [-0.15, -0.1) is 0 Å². The zero-order chi connectivity index (χ0) is 25.9. The second-order valence-electron chi connectivity index (χ2n) is 12.8. The van der Waals surface area contributed by atoms with E-state index in [0.717, 1.165) is 76.4 Å². The maximum absolute atomic E-state index is 14.3. The average molecular weight is 503 g/mol. The van der Waals surface area contributed by atoms with Crippen LogP contribution in [0.1, 0.15) is 111 Å². The second-order valence-corrected chi connectivity index (χ2v) is 12.8. The van der Waals surface area contributed by atoms with E-state index in [4.69, 9.17) is 9.47 Å². The van der Waals surface area contributed by atoms with Crippen molar-refractivity contribution in [2.24, 2.45) is 40.9 Å². The lowest BCUT2D eigenvalue weighted by atomic mass is 9.54. The van der Waals surface area contributed by atoms with Gasteiger partial charge in [0.1, 0.15) is 0 Å². The average Bonchev–Trinajstić information content (AvgIpc) is 3.20. The molecule has 1 aliphatic heterocycles. The van der Waals surface area contributed by atoms with Crippen LogP contribution in [-0.2, 0) is 19.1 Å². The van der Waals surface area contributed by atoms with Crippen molar-refractivity contribution in [3.63, 3.8) is 0 Å². The predicted molar refractivity (Wildman–Crippen MR) is 141 cm³/mol. The van der Waals surface area contributed by atoms with Crippen molar-refractivity contribution in [1.82, 2.24) is 0 Å². The number of carboxylic acids is 1. The summed E-state index contributed by atoms with van der Waals surface area (Å²) in [6.07, 6.45) is 15.1. The summed E-state index contributed by atoms with van der Waals surface area (Å²) in [5, 5.41) is 9.22. The quantitative estimate of drug-likeness (QED) is 0.389. The molecule has 204 valence electrons. The molecule has 0 aromatic carbocycles. The van der Waals surface area contributed by atoms with Crippen LogP contribution in [0.3, 0.4) is 0 Å². The summed E-state index contributed by atoms with van der Waals surface area (Å²) in [5.74, 6) is 1.80. The van der Waals surface area contributed by atoms with Crippen LogP contribution < -0.4 is 0 Å². The number of carbonyl (C=O) groups is 2. The molecule has 0 amide bonds. The minimum absolute atomic E-state index is 0.0784. The minimum atomic E-state index is -0.697. The van der Waals surface area contributed by atoms with E-state index in [9.17, 15) is 14.7 Å². The van der Waals surface area contributed by atoms with Crippen LogP contribution in [0.5, 0.6) is 0 Å². The van der Waals surface area contributed by atoms with Gasteiger partial charge in [0.15, 0.2) is 12.1 Å². The normalized spacial score (nSPS) is 41.9. The zero-order valence-electron chi connectivity index (χ0n) is 23.2. The molecule has 1 N–H and O–H groups in total. The first-order valence-electron chi connectivity index (χ1n) is 14.9. The summed E-state index contributed by atoms with van der Waals surface area (Å²) < 4.78 is 12.3. The highest BCUT2D eigenvalue weighted by molar-refractivity contribution is 5.98. The summed E-state index contributed by atoms with van der Waals surface area (Å²) in [4.78, 5) is 25.5. The van der Waals surface area contributed by atoms with Crippen LogP contribution in [0.2, 0.25) is 0 Å². The number of ether oxygens (including phenoxy) is 2. The van der Waals surface area contributed by atoms with Crippen molar-refractivity contribution >= 4 is 11.8 Å². The molecule has 0 radical (unpaired) electrons. The first-order valence-corrected chi connectivity index (χ1v) is 14.9. The van der Waals surface area contributed by atoms with Gasteiger partial charge in [-0.05, 0) is 118 Å². The van der Waals surface area contributed by atoms with Crippen molar-refractivity contribution < 1.29 is 24.2 Å². The summed E-state index contributed by atoms with van der Waals surface area (Å²) in [7, 11) is 0. The van der Waals surface area contributed by atoms with Gasteiger partial charge >= 0.3 is 5.97 Å². The highest BCUT2D eigenvalue weighted by atomic mass is 16.7. The third-order valence-corrected chi connectivity index (χ3v) is 10.6. The lowest BCUT2D eigenvalue weighted by Crippen LogP contribution is -2.47. The molecule has 36 heavy (non-hydrogen) atoms. The van der Waals surface area contributed by atoms with E-state index in [1.54, 1.807) is 0 Å². The first kappa shape index (κ1) is 27.8. The Balaban J connectivity index is 1.51. The third-order valence-electron chi connectivity index (χ3n) is 10.6. The van der Waals surface area contributed by atoms with Crippen molar-refractivity contribution in [3.8, 4) is 0 Å². The highest BCUT2D eigenvalue weighted by Gasteiger charge is 2.56. The lowest BCUT2D eigenvalue weighted by molar-refractivity contribution is -0.192. The van der Waals surface area contributed by atoms with Gasteiger partial charge in [-0.25, -0.2) is 0 Å². The standard InChI is InChI=1S/C31H50O5/c1-5-24-21(3)19-23(36-28-11-6-7-18-35-28)10-8-9-22-16-17-31(4)25(20(2)12-15-27(32)33)13-14-26(31)29(22)30(24)34/h5,20-23,25-26,28-29H,6-19H2,1-4H3,(H,32,33)/b24-5-/t20-,21+,22?,23-,25?,26?,28?,29?,31-/m1/s1. The van der Waals surface area contributed by atoms with Crippen molar-refractivity contribution in [2.75, 3.05) is 6.61 Å². The SMILES string of the molecule is C/C=C1\C(=O)C2C(CCC[C@@H](OC3CCCCO3)C[C@@H]1C)CC[C@@]1(C)C2CCC1[C@H](C)CCC(=O)O. The Kier molecular flexibility index (Phi) is 9.36. The Morgan fingerprint density at radius 2 is 1.97 bits per heavy atom. The monoisotopic (exact) mass is 502 g/mol. The molecule has 0 bridgehead atoms. The molecule has 5 unspecified atom stereocenters. The van der Waals surface area contributed by atoms with Crippen LogP contribution in [0.25, 0.3) is 0 Å². The molecule has 1 saturated heterocycles. The van der Waals surface area contributed by atoms with Crippen molar-refractivity contribution in [1.29, 1.82) is 0 Å². The van der Waals surface area contributed by atoms with Gasteiger partial charge in [0, 0.05) is 18.9 Å². The molecule has 4 aliphatic rings. The molecule has 5 heteroatoms. The van der Waals surface area contributed by atoms with Crippen LogP contribution in [0, 0.1) is 40.9 Å². The second kappa shape index (κ2) is 12.1. The predicted octanol–water partition coefficient (Wildman–Crippen LogP) is 7.18. The Labute approximate surface area is 218 Å². The molecule has 0 aromatic heterocycles. The minimum Gasteiger partial charge on any atom is -0.481 e. The number of Topliss-reactive ketones (excluding diaryl/α,β-unsaturated/α-hetero) is 1. The number of fused-ring (bicyclic) bond motifs is 3. The van der Waals surface area contributed by atoms with Gasteiger partial charge < -0.3 is 14.6 Å². The van der Waals surface area contributed by atoms with Gasteiger partial charge in [-0.1, -0.05) is 33.3 Å².